The van der Waals surface area contributed by atoms with Gasteiger partial charge in [0.2, 0.25) is 0 Å². The summed E-state index contributed by atoms with van der Waals surface area (Å²) in [5.74, 6) is 2.52. The third-order valence-electron chi connectivity index (χ3n) is 14.2. The average molecular weight is 991 g/mol. The van der Waals surface area contributed by atoms with Gasteiger partial charge in [-0.1, -0.05) is 196 Å². The Morgan fingerprint density at radius 2 is 0.723 bits per heavy atom. The molecular weight excluding hydrogens is 907 g/mol. The second kappa shape index (κ2) is 18.3. The van der Waals surface area contributed by atoms with Gasteiger partial charge < -0.3 is 9.47 Å². The van der Waals surface area contributed by atoms with Crippen molar-refractivity contribution >= 4 is 31.3 Å². The molecule has 2 aliphatic rings. The molecule has 4 aromatic carbocycles. The van der Waals surface area contributed by atoms with Crippen LogP contribution in [0, 0.1) is 0 Å². The van der Waals surface area contributed by atoms with Crippen molar-refractivity contribution in [2.24, 2.45) is 0 Å². The van der Waals surface area contributed by atoms with Crippen LogP contribution in [0.3, 0.4) is 0 Å². The maximum atomic E-state index is 7.91. The maximum absolute atomic E-state index is 7.91. The van der Waals surface area contributed by atoms with Crippen molar-refractivity contribution in [3.05, 3.63) is 115 Å². The SMILES string of the molecule is COc1c(C(C)(C)C)cc2c(c1-c1cc(C(C)(C)C)cc(C(C)(C)C)c1)C=C(C)C2C[SiH](Cl)CC1C(C)=Cc2c1cc(C(C)(C)C)c(OC)c2-c1cc(C(C)(C)C)cc(C(C)(C)C)c1.[Zr]. The molecule has 0 saturated heterocycles. The van der Waals surface area contributed by atoms with Gasteiger partial charge >= 0.3 is 0 Å². The summed E-state index contributed by atoms with van der Waals surface area (Å²) in [7, 11) is 1.88. The Hall–Kier alpha value is -2.65. The topological polar surface area (TPSA) is 18.5 Å². The van der Waals surface area contributed by atoms with E-state index in [-0.39, 0.29) is 70.5 Å². The van der Waals surface area contributed by atoms with Crippen LogP contribution in [0.15, 0.2) is 59.7 Å². The molecule has 65 heavy (non-hydrogen) atoms. The third-order valence-corrected chi connectivity index (χ3v) is 17.2. The Kier molecular flexibility index (Phi) is 15.0. The molecule has 4 aromatic rings. The number of hydrogen-bond donors (Lipinski definition) is 0. The van der Waals surface area contributed by atoms with Crippen molar-refractivity contribution in [3.63, 3.8) is 0 Å². The van der Waals surface area contributed by atoms with E-state index in [0.29, 0.717) is 0 Å². The molecular formula is C60H83ClO2SiZr. The molecule has 5 heteroatoms. The number of rotatable bonds is 8. The molecule has 0 bridgehead atoms. The molecule has 6 rings (SSSR count). The van der Waals surface area contributed by atoms with Crippen molar-refractivity contribution in [1.82, 2.24) is 0 Å². The summed E-state index contributed by atoms with van der Waals surface area (Å²) < 4.78 is 13.0. The van der Waals surface area contributed by atoms with Crippen LogP contribution in [0.5, 0.6) is 11.5 Å². The Balaban J connectivity index is 0.00000793. The second-order valence-corrected chi connectivity index (χ2v) is 29.7. The Bertz CT molecular complexity index is 2270. The van der Waals surface area contributed by atoms with Crippen molar-refractivity contribution in [1.29, 1.82) is 0 Å². The minimum absolute atomic E-state index is 0. The van der Waals surface area contributed by atoms with Gasteiger partial charge in [0.25, 0.3) is 0 Å². The molecule has 0 spiro atoms. The standard InChI is InChI=1S/C60H83ClO2Si.Zr/c1-35-23-45-43(31-49(59(15,16)17)53(62-21)51(45)37-25-39(55(3,4)5)29-40(26-37)56(6,7)8)47(35)33-64(61)34-48-36(2)24-46-44(48)32-50(60(18,19)20)54(63-22)52(46)38-27-41(57(9,10)11)30-42(28-38)58(12,13)14;/h23-32,47-48,64H,33-34H2,1-22H3;. The van der Waals surface area contributed by atoms with Gasteiger partial charge in [-0.05, 0) is 114 Å². The summed E-state index contributed by atoms with van der Waals surface area (Å²) in [6.07, 6.45) is 4.93. The smallest absolute Gasteiger partial charge is 0.142 e. The van der Waals surface area contributed by atoms with E-state index in [4.69, 9.17) is 20.6 Å². The summed E-state index contributed by atoms with van der Waals surface area (Å²) in [6.45, 7) is 46.5. The van der Waals surface area contributed by atoms with Crippen molar-refractivity contribution in [2.75, 3.05) is 14.2 Å². The van der Waals surface area contributed by atoms with Gasteiger partial charge in [0.05, 0.1) is 14.2 Å². The summed E-state index contributed by atoms with van der Waals surface area (Å²) >= 11 is 7.91. The van der Waals surface area contributed by atoms with Crippen LogP contribution >= 0.6 is 11.1 Å². The maximum Gasteiger partial charge on any atom is 0.142 e. The molecule has 0 radical (unpaired) electrons. The minimum Gasteiger partial charge on any atom is -0.496 e. The average Bonchev–Trinajstić information content (AvgIpc) is 3.63. The van der Waals surface area contributed by atoms with Crippen LogP contribution in [0.1, 0.15) is 206 Å². The van der Waals surface area contributed by atoms with Crippen LogP contribution in [0.2, 0.25) is 12.1 Å². The first-order valence-corrected chi connectivity index (χ1v) is 27.4. The molecule has 350 valence electrons. The number of allylic oxidation sites excluding steroid dienone is 2. The van der Waals surface area contributed by atoms with E-state index >= 15 is 0 Å². The zero-order valence-electron chi connectivity index (χ0n) is 44.6. The van der Waals surface area contributed by atoms with Gasteiger partial charge in [0, 0.05) is 60.3 Å². The van der Waals surface area contributed by atoms with Gasteiger partial charge in [0.15, 0.2) is 0 Å². The predicted molar refractivity (Wildman–Crippen MR) is 284 cm³/mol. The molecule has 2 aliphatic carbocycles. The summed E-state index contributed by atoms with van der Waals surface area (Å²) in [5, 5.41) is 0. The molecule has 0 heterocycles. The van der Waals surface area contributed by atoms with E-state index < -0.39 is 8.11 Å². The van der Waals surface area contributed by atoms with Gasteiger partial charge in [0.1, 0.15) is 19.6 Å². The van der Waals surface area contributed by atoms with Crippen LogP contribution in [-0.2, 0) is 58.7 Å². The molecule has 2 nitrogen and oxygen atoms in total. The Labute approximate surface area is 422 Å². The van der Waals surface area contributed by atoms with Crippen LogP contribution < -0.4 is 9.47 Å². The fraction of sp³-hybridized carbons (Fsp3) is 0.533. The number of methoxy groups -OCH3 is 2. The molecule has 0 saturated carbocycles. The summed E-state index contributed by atoms with van der Waals surface area (Å²) in [6, 6.07) is 21.5. The van der Waals surface area contributed by atoms with E-state index in [1.54, 1.807) is 0 Å². The van der Waals surface area contributed by atoms with Crippen molar-refractivity contribution in [3.8, 4) is 33.8 Å². The number of ether oxygens (including phenoxy) is 2. The minimum atomic E-state index is -1.83. The summed E-state index contributed by atoms with van der Waals surface area (Å²) in [4.78, 5) is 0. The molecule has 2 unspecified atom stereocenters. The van der Waals surface area contributed by atoms with E-state index in [9.17, 15) is 0 Å². The monoisotopic (exact) mass is 988 g/mol. The number of halogens is 1. The zero-order chi connectivity index (χ0) is 48.0. The van der Waals surface area contributed by atoms with E-state index in [0.717, 1.165) is 23.6 Å². The Morgan fingerprint density at radius 1 is 0.446 bits per heavy atom. The van der Waals surface area contributed by atoms with Crippen molar-refractivity contribution in [2.45, 2.75) is 195 Å². The van der Waals surface area contributed by atoms with Gasteiger partial charge in [-0.25, -0.2) is 0 Å². The molecule has 2 atom stereocenters. The van der Waals surface area contributed by atoms with E-state index in [2.05, 4.69) is 199 Å². The fourth-order valence-electron chi connectivity index (χ4n) is 10.1. The fourth-order valence-corrected chi connectivity index (χ4v) is 13.6. The van der Waals surface area contributed by atoms with Crippen LogP contribution in [0.4, 0.5) is 0 Å². The number of fused-ring (bicyclic) bond motifs is 2. The quantitative estimate of drug-likeness (QED) is 0.129. The van der Waals surface area contributed by atoms with Gasteiger partial charge in [-0.2, -0.15) is 11.1 Å². The Morgan fingerprint density at radius 3 is 0.954 bits per heavy atom. The first-order chi connectivity index (χ1) is 29.2. The first kappa shape index (κ1) is 53.3. The van der Waals surface area contributed by atoms with E-state index in [1.165, 1.54) is 89.0 Å². The molecule has 0 N–H and O–H groups in total. The first-order valence-electron chi connectivity index (χ1n) is 24.0. The van der Waals surface area contributed by atoms with Crippen LogP contribution in [-0.4, -0.2) is 22.3 Å². The number of hydrogen-bond acceptors (Lipinski definition) is 2. The van der Waals surface area contributed by atoms with Crippen molar-refractivity contribution < 1.29 is 35.7 Å². The van der Waals surface area contributed by atoms with Gasteiger partial charge in [-0.3, -0.25) is 0 Å². The second-order valence-electron chi connectivity index (χ2n) is 25.7. The van der Waals surface area contributed by atoms with Gasteiger partial charge in [-0.15, -0.1) is 0 Å². The molecule has 0 fully saturated rings. The predicted octanol–water partition coefficient (Wildman–Crippen LogP) is 17.5. The third kappa shape index (κ3) is 10.8. The molecule has 0 amide bonds. The molecule has 0 aliphatic heterocycles. The van der Waals surface area contributed by atoms with E-state index in [1.807, 2.05) is 14.2 Å². The number of benzene rings is 4. The van der Waals surface area contributed by atoms with Crippen LogP contribution in [0.25, 0.3) is 34.4 Å². The largest absolute Gasteiger partial charge is 0.496 e. The molecule has 0 aromatic heterocycles. The normalized spacial score (nSPS) is 17.3. The summed E-state index contributed by atoms with van der Waals surface area (Å²) in [5.41, 5.74) is 20.8. The zero-order valence-corrected chi connectivity index (χ0v) is 49.0.